The molecule has 1 nitrogen and oxygen atoms in total. The third-order valence-electron chi connectivity index (χ3n) is 5.25. The van der Waals surface area contributed by atoms with Crippen LogP contribution in [0.1, 0.15) is 32.6 Å². The van der Waals surface area contributed by atoms with Gasteiger partial charge < -0.3 is 4.74 Å². The minimum atomic E-state index is -1.93. The van der Waals surface area contributed by atoms with Crippen molar-refractivity contribution >= 4 is 23.2 Å². The van der Waals surface area contributed by atoms with Gasteiger partial charge in [-0.1, -0.05) is 74.4 Å². The molecule has 3 aromatic carbocycles. The van der Waals surface area contributed by atoms with Gasteiger partial charge in [0.2, 0.25) is 0 Å². The highest BCUT2D eigenvalue weighted by atomic mass is 31.2. The maximum absolute atomic E-state index is 6.28. The summed E-state index contributed by atoms with van der Waals surface area (Å²) in [7, 11) is -0.0367. The van der Waals surface area contributed by atoms with Crippen molar-refractivity contribution in [2.45, 2.75) is 38.5 Å². The van der Waals surface area contributed by atoms with Gasteiger partial charge in [-0.2, -0.15) is 0 Å². The van der Waals surface area contributed by atoms with E-state index >= 15 is 0 Å². The van der Waals surface area contributed by atoms with Crippen molar-refractivity contribution in [1.29, 1.82) is 0 Å². The molecule has 1 unspecified atom stereocenters. The molecule has 0 amide bonds. The van der Waals surface area contributed by atoms with Crippen LogP contribution >= 0.6 is 7.26 Å². The summed E-state index contributed by atoms with van der Waals surface area (Å²) in [6.07, 6.45) is 4.75. The highest BCUT2D eigenvalue weighted by Gasteiger charge is 2.52. The predicted molar refractivity (Wildman–Crippen MR) is 120 cm³/mol. The maximum Gasteiger partial charge on any atom is 0.180 e. The topological polar surface area (TPSA) is 9.23 Å². The summed E-state index contributed by atoms with van der Waals surface area (Å²) in [5, 5.41) is 4.18. The Hall–Kier alpha value is -1.95. The molecular weight excluding hydrogens is 347 g/mol. The lowest BCUT2D eigenvalue weighted by atomic mass is 10.2. The molecule has 0 spiro atoms. The molecule has 140 valence electrons. The Morgan fingerprint density at radius 3 is 1.41 bits per heavy atom. The van der Waals surface area contributed by atoms with Crippen molar-refractivity contribution in [3.63, 3.8) is 0 Å². The third kappa shape index (κ3) is 4.15. The monoisotopic (exact) mass is 377 g/mol. The summed E-state index contributed by atoms with van der Waals surface area (Å²) >= 11 is 0. The van der Waals surface area contributed by atoms with Crippen molar-refractivity contribution in [2.75, 3.05) is 7.11 Å². The summed E-state index contributed by atoms with van der Waals surface area (Å²) < 4.78 is 6.28. The normalized spacial score (nSPS) is 12.7. The molecule has 2 heteroatoms. The van der Waals surface area contributed by atoms with Gasteiger partial charge in [0.1, 0.15) is 23.2 Å². The van der Waals surface area contributed by atoms with Crippen molar-refractivity contribution in [2.24, 2.45) is 0 Å². The summed E-state index contributed by atoms with van der Waals surface area (Å²) in [6, 6.07) is 33.0. The Morgan fingerprint density at radius 1 is 0.667 bits per heavy atom. The minimum absolute atomic E-state index is 0.177. The van der Waals surface area contributed by atoms with Crippen molar-refractivity contribution in [1.82, 2.24) is 0 Å². The van der Waals surface area contributed by atoms with Gasteiger partial charge in [0.15, 0.2) is 5.85 Å². The van der Waals surface area contributed by atoms with E-state index in [1.165, 1.54) is 35.2 Å². The lowest BCUT2D eigenvalue weighted by Crippen LogP contribution is -2.39. The molecule has 0 radical (unpaired) electrons. The highest BCUT2D eigenvalue weighted by Crippen LogP contribution is 2.61. The Balaban J connectivity index is 2.25. The van der Waals surface area contributed by atoms with Gasteiger partial charge in [-0.25, -0.2) is 0 Å². The number of methoxy groups -OCH3 is 1. The van der Waals surface area contributed by atoms with E-state index in [9.17, 15) is 0 Å². The van der Waals surface area contributed by atoms with Crippen LogP contribution in [0.4, 0.5) is 0 Å². The fourth-order valence-electron chi connectivity index (χ4n) is 3.97. The van der Waals surface area contributed by atoms with Gasteiger partial charge in [0.25, 0.3) is 0 Å². The first-order valence-corrected chi connectivity index (χ1v) is 11.8. The molecule has 27 heavy (non-hydrogen) atoms. The quantitative estimate of drug-likeness (QED) is 0.352. The average molecular weight is 377 g/mol. The molecule has 0 aliphatic heterocycles. The van der Waals surface area contributed by atoms with Gasteiger partial charge in [-0.15, -0.1) is 0 Å². The smallest absolute Gasteiger partial charge is 0.180 e. The van der Waals surface area contributed by atoms with E-state index < -0.39 is 7.26 Å². The summed E-state index contributed by atoms with van der Waals surface area (Å²) in [5.41, 5.74) is 0. The fourth-order valence-corrected chi connectivity index (χ4v) is 8.68. The molecule has 0 fully saturated rings. The second-order valence-corrected chi connectivity index (χ2v) is 10.5. The number of rotatable bonds is 9. The molecule has 0 aromatic heterocycles. The number of benzene rings is 3. The second-order valence-electron chi connectivity index (χ2n) is 6.92. The molecule has 3 rings (SSSR count). The van der Waals surface area contributed by atoms with Crippen LogP contribution in [0.15, 0.2) is 91.0 Å². The van der Waals surface area contributed by atoms with Crippen LogP contribution in [-0.2, 0) is 4.74 Å². The lowest BCUT2D eigenvalue weighted by Gasteiger charge is -2.33. The Morgan fingerprint density at radius 2 is 1.07 bits per heavy atom. The average Bonchev–Trinajstić information content (AvgIpc) is 2.75. The van der Waals surface area contributed by atoms with E-state index in [2.05, 4.69) is 97.9 Å². The van der Waals surface area contributed by atoms with Gasteiger partial charge in [0, 0.05) is 13.5 Å². The summed E-state index contributed by atoms with van der Waals surface area (Å²) in [5.74, 6) is 0.177. The van der Waals surface area contributed by atoms with Crippen LogP contribution in [-0.4, -0.2) is 13.0 Å². The molecule has 0 aliphatic carbocycles. The fraction of sp³-hybridized carbons (Fsp3) is 0.280. The zero-order valence-electron chi connectivity index (χ0n) is 16.4. The van der Waals surface area contributed by atoms with Crippen LogP contribution in [0.5, 0.6) is 0 Å². The van der Waals surface area contributed by atoms with Crippen molar-refractivity contribution in [3.8, 4) is 0 Å². The van der Waals surface area contributed by atoms with Crippen LogP contribution in [0, 0.1) is 0 Å². The molecular formula is C25H30OP+. The molecule has 0 N–H and O–H groups in total. The summed E-state index contributed by atoms with van der Waals surface area (Å²) in [6.45, 7) is 2.26. The summed E-state index contributed by atoms with van der Waals surface area (Å²) in [4.78, 5) is 0. The van der Waals surface area contributed by atoms with Crippen LogP contribution < -0.4 is 15.9 Å². The van der Waals surface area contributed by atoms with Crippen LogP contribution in [0.25, 0.3) is 0 Å². The van der Waals surface area contributed by atoms with Gasteiger partial charge >= 0.3 is 0 Å². The maximum atomic E-state index is 6.28. The molecule has 0 bridgehead atoms. The first-order chi connectivity index (χ1) is 13.3. The molecule has 3 aromatic rings. The number of unbranched alkanes of at least 4 members (excludes halogenated alkanes) is 2. The number of ether oxygens (including phenoxy) is 1. The van der Waals surface area contributed by atoms with E-state index in [0.717, 1.165) is 6.42 Å². The van der Waals surface area contributed by atoms with Crippen LogP contribution in [0.2, 0.25) is 0 Å². The largest absolute Gasteiger partial charge is 0.346 e. The first kappa shape index (κ1) is 19.8. The zero-order chi connectivity index (χ0) is 19.0. The molecule has 0 saturated carbocycles. The molecule has 0 saturated heterocycles. The number of hydrogen-bond donors (Lipinski definition) is 0. The van der Waals surface area contributed by atoms with Gasteiger partial charge in [-0.3, -0.25) is 0 Å². The lowest BCUT2D eigenvalue weighted by molar-refractivity contribution is 0.158. The SMILES string of the molecule is CCCCCC(OC)[P+](c1ccccc1)(c1ccccc1)c1ccccc1. The Labute approximate surface area is 164 Å². The highest BCUT2D eigenvalue weighted by molar-refractivity contribution is 7.96. The van der Waals surface area contributed by atoms with E-state index in [-0.39, 0.29) is 5.85 Å². The van der Waals surface area contributed by atoms with E-state index in [1.807, 2.05) is 7.11 Å². The Kier molecular flexibility index (Phi) is 7.21. The zero-order valence-corrected chi connectivity index (χ0v) is 17.3. The standard InChI is InChI=1S/C25H30OP/c1-3-4-8-21-25(26-2)27(22-15-9-5-10-16-22,23-17-11-6-12-18-23)24-19-13-7-14-20-24/h5-7,9-20,25H,3-4,8,21H2,1-2H3/q+1. The van der Waals surface area contributed by atoms with E-state index in [0.29, 0.717) is 0 Å². The van der Waals surface area contributed by atoms with Crippen molar-refractivity contribution in [3.05, 3.63) is 91.0 Å². The van der Waals surface area contributed by atoms with E-state index in [1.54, 1.807) is 0 Å². The van der Waals surface area contributed by atoms with Gasteiger partial charge in [0.05, 0.1) is 0 Å². The molecule has 1 atom stereocenters. The van der Waals surface area contributed by atoms with E-state index in [4.69, 9.17) is 4.74 Å². The van der Waals surface area contributed by atoms with Crippen LogP contribution in [0.3, 0.4) is 0 Å². The van der Waals surface area contributed by atoms with Gasteiger partial charge in [-0.05, 0) is 42.8 Å². The third-order valence-corrected chi connectivity index (χ3v) is 9.92. The minimum Gasteiger partial charge on any atom is -0.346 e. The number of hydrogen-bond acceptors (Lipinski definition) is 1. The molecule has 0 heterocycles. The predicted octanol–water partition coefficient (Wildman–Crippen LogP) is 5.53. The molecule has 0 aliphatic rings. The Bertz CT molecular complexity index is 690. The second kappa shape index (κ2) is 9.83. The first-order valence-electron chi connectivity index (χ1n) is 9.92. The van der Waals surface area contributed by atoms with Crippen molar-refractivity contribution < 1.29 is 4.74 Å².